The van der Waals surface area contributed by atoms with Crippen molar-refractivity contribution in [3.05, 3.63) is 48.8 Å². The Morgan fingerprint density at radius 2 is 1.97 bits per heavy atom. The van der Waals surface area contributed by atoms with E-state index in [9.17, 15) is 4.79 Å². The molecule has 1 saturated heterocycles. The van der Waals surface area contributed by atoms with Crippen LogP contribution in [-0.4, -0.2) is 94.3 Å². The molecule has 1 aliphatic rings. The van der Waals surface area contributed by atoms with Crippen molar-refractivity contribution in [1.29, 1.82) is 0 Å². The molecule has 4 heterocycles. The molecule has 0 spiro atoms. The lowest BCUT2D eigenvalue weighted by atomic mass is 10.1. The number of carbonyl (C=O) groups excluding carboxylic acids is 1. The largest absolute Gasteiger partial charge is 0.463 e. The van der Waals surface area contributed by atoms with Crippen molar-refractivity contribution in [3.63, 3.8) is 0 Å². The SMILES string of the molecule is C=CC(=O)N1CCN(c2nc(OCCCN(C)C)nc3c(Oc4c(C)ccc5[nH]ncc45)nccc23)CC1. The molecule has 198 valence electrons. The Morgan fingerprint density at radius 3 is 2.74 bits per heavy atom. The van der Waals surface area contributed by atoms with Crippen molar-refractivity contribution >= 4 is 33.5 Å². The normalized spacial score (nSPS) is 13.9. The number of nitrogens with one attached hydrogen (secondary N) is 1. The third-order valence-electron chi connectivity index (χ3n) is 6.56. The number of fused-ring (bicyclic) bond motifs is 2. The number of aromatic nitrogens is 5. The molecular formula is C27H32N8O3. The Balaban J connectivity index is 1.52. The fraction of sp³-hybridized carbons (Fsp3) is 0.370. The first-order chi connectivity index (χ1) is 18.4. The fourth-order valence-corrected chi connectivity index (χ4v) is 4.52. The summed E-state index contributed by atoms with van der Waals surface area (Å²) in [5.74, 6) is 1.70. The van der Waals surface area contributed by atoms with Gasteiger partial charge in [0.1, 0.15) is 17.1 Å². The van der Waals surface area contributed by atoms with E-state index in [0.29, 0.717) is 49.9 Å². The quantitative estimate of drug-likeness (QED) is 0.265. The number of hydrogen-bond acceptors (Lipinski definition) is 9. The number of H-pyrrole nitrogens is 1. The Kier molecular flexibility index (Phi) is 7.36. The average molecular weight is 517 g/mol. The minimum atomic E-state index is -0.0641. The molecule has 1 aliphatic heterocycles. The van der Waals surface area contributed by atoms with Gasteiger partial charge in [-0.25, -0.2) is 4.98 Å². The summed E-state index contributed by atoms with van der Waals surface area (Å²) in [5, 5.41) is 8.81. The second-order valence-electron chi connectivity index (χ2n) is 9.51. The highest BCUT2D eigenvalue weighted by Gasteiger charge is 2.24. The van der Waals surface area contributed by atoms with Gasteiger partial charge in [0.15, 0.2) is 0 Å². The third-order valence-corrected chi connectivity index (χ3v) is 6.56. The van der Waals surface area contributed by atoms with Crippen LogP contribution in [0.15, 0.2) is 43.2 Å². The molecule has 4 aromatic rings. The standard InChI is InChI=1S/C27H32N8O3/c1-5-22(36)34-12-14-35(15-13-34)25-19-9-10-28-26(23(19)30-27(31-25)37-16-6-11-33(3)4)38-24-18(2)7-8-21-20(24)17-29-32-21/h5,7-10,17H,1,6,11-16H2,2-4H3,(H,29,32). The lowest BCUT2D eigenvalue weighted by Gasteiger charge is -2.35. The van der Waals surface area contributed by atoms with E-state index in [1.807, 2.05) is 39.2 Å². The summed E-state index contributed by atoms with van der Waals surface area (Å²) < 4.78 is 12.4. The molecule has 5 rings (SSSR count). The maximum atomic E-state index is 12.1. The van der Waals surface area contributed by atoms with E-state index < -0.39 is 0 Å². The average Bonchev–Trinajstić information content (AvgIpc) is 3.41. The number of nitrogens with zero attached hydrogens (tertiary/aromatic N) is 7. The van der Waals surface area contributed by atoms with Gasteiger partial charge in [0.05, 0.1) is 29.1 Å². The summed E-state index contributed by atoms with van der Waals surface area (Å²) in [5.41, 5.74) is 2.39. The van der Waals surface area contributed by atoms with E-state index in [-0.39, 0.29) is 11.9 Å². The first-order valence-corrected chi connectivity index (χ1v) is 12.7. The van der Waals surface area contributed by atoms with Crippen molar-refractivity contribution in [2.45, 2.75) is 13.3 Å². The van der Waals surface area contributed by atoms with Gasteiger partial charge in [-0.3, -0.25) is 9.89 Å². The zero-order valence-corrected chi connectivity index (χ0v) is 22.0. The second-order valence-corrected chi connectivity index (χ2v) is 9.51. The minimum Gasteiger partial charge on any atom is -0.463 e. The maximum Gasteiger partial charge on any atom is 0.319 e. The highest BCUT2D eigenvalue weighted by Crippen LogP contribution is 2.36. The first kappa shape index (κ1) is 25.4. The van der Waals surface area contributed by atoms with E-state index in [1.165, 1.54) is 6.08 Å². The van der Waals surface area contributed by atoms with Crippen LogP contribution in [0.2, 0.25) is 0 Å². The van der Waals surface area contributed by atoms with Crippen molar-refractivity contribution in [1.82, 2.24) is 34.9 Å². The molecule has 11 heteroatoms. The van der Waals surface area contributed by atoms with Crippen LogP contribution in [0.5, 0.6) is 17.6 Å². The van der Waals surface area contributed by atoms with Gasteiger partial charge in [-0.1, -0.05) is 12.6 Å². The number of pyridine rings is 1. The lowest BCUT2D eigenvalue weighted by Crippen LogP contribution is -2.48. The van der Waals surface area contributed by atoms with Gasteiger partial charge in [-0.15, -0.1) is 0 Å². The van der Waals surface area contributed by atoms with Gasteiger partial charge in [0, 0.05) is 38.9 Å². The number of benzene rings is 1. The zero-order chi connectivity index (χ0) is 26.6. The highest BCUT2D eigenvalue weighted by atomic mass is 16.5. The van der Waals surface area contributed by atoms with Crippen LogP contribution in [0, 0.1) is 6.92 Å². The summed E-state index contributed by atoms with van der Waals surface area (Å²) in [6.45, 7) is 9.36. The van der Waals surface area contributed by atoms with Gasteiger partial charge < -0.3 is 24.2 Å². The number of amides is 1. The number of piperazine rings is 1. The van der Waals surface area contributed by atoms with E-state index in [0.717, 1.165) is 40.6 Å². The molecule has 1 amide bonds. The smallest absolute Gasteiger partial charge is 0.319 e. The molecule has 0 atom stereocenters. The van der Waals surface area contributed by atoms with Crippen LogP contribution in [0.3, 0.4) is 0 Å². The molecule has 11 nitrogen and oxygen atoms in total. The molecular weight excluding hydrogens is 484 g/mol. The van der Waals surface area contributed by atoms with Gasteiger partial charge >= 0.3 is 6.01 Å². The molecule has 3 aromatic heterocycles. The molecule has 0 saturated carbocycles. The van der Waals surface area contributed by atoms with Crippen molar-refractivity contribution < 1.29 is 14.3 Å². The zero-order valence-electron chi connectivity index (χ0n) is 22.0. The first-order valence-electron chi connectivity index (χ1n) is 12.7. The summed E-state index contributed by atoms with van der Waals surface area (Å²) in [7, 11) is 4.05. The monoisotopic (exact) mass is 516 g/mol. The van der Waals surface area contributed by atoms with Crippen molar-refractivity contribution in [2.75, 3.05) is 58.3 Å². The van der Waals surface area contributed by atoms with E-state index in [4.69, 9.17) is 19.4 Å². The molecule has 0 aliphatic carbocycles. The van der Waals surface area contributed by atoms with E-state index in [1.54, 1.807) is 17.3 Å². The topological polar surface area (TPSA) is 113 Å². The predicted molar refractivity (Wildman–Crippen MR) is 146 cm³/mol. The molecule has 0 unspecified atom stereocenters. The van der Waals surface area contributed by atoms with Crippen molar-refractivity contribution in [3.8, 4) is 17.6 Å². The number of rotatable bonds is 9. The van der Waals surface area contributed by atoms with Crippen LogP contribution in [0.1, 0.15) is 12.0 Å². The number of aryl methyl sites for hydroxylation is 1. The summed E-state index contributed by atoms with van der Waals surface area (Å²) in [6, 6.07) is 6.11. The van der Waals surface area contributed by atoms with Gasteiger partial charge in [0.25, 0.3) is 0 Å². The van der Waals surface area contributed by atoms with Gasteiger partial charge in [0.2, 0.25) is 11.8 Å². The van der Waals surface area contributed by atoms with Gasteiger partial charge in [-0.2, -0.15) is 15.1 Å². The second kappa shape index (κ2) is 11.0. The number of anilines is 1. The summed E-state index contributed by atoms with van der Waals surface area (Å²) >= 11 is 0. The Bertz CT molecular complexity index is 1460. The Morgan fingerprint density at radius 1 is 1.16 bits per heavy atom. The number of aromatic amines is 1. The number of hydrogen-bond donors (Lipinski definition) is 1. The fourth-order valence-electron chi connectivity index (χ4n) is 4.52. The Labute approximate surface area is 221 Å². The molecule has 0 radical (unpaired) electrons. The summed E-state index contributed by atoms with van der Waals surface area (Å²) in [6.07, 6.45) is 5.63. The maximum absolute atomic E-state index is 12.1. The van der Waals surface area contributed by atoms with Crippen LogP contribution in [-0.2, 0) is 4.79 Å². The van der Waals surface area contributed by atoms with Crippen LogP contribution < -0.4 is 14.4 Å². The summed E-state index contributed by atoms with van der Waals surface area (Å²) in [4.78, 5) is 32.2. The third kappa shape index (κ3) is 5.23. The number of ether oxygens (including phenoxy) is 2. The van der Waals surface area contributed by atoms with Crippen LogP contribution in [0.4, 0.5) is 5.82 Å². The van der Waals surface area contributed by atoms with E-state index >= 15 is 0 Å². The lowest BCUT2D eigenvalue weighted by molar-refractivity contribution is -0.126. The van der Waals surface area contributed by atoms with Crippen LogP contribution >= 0.6 is 0 Å². The molecule has 1 N–H and O–H groups in total. The molecule has 38 heavy (non-hydrogen) atoms. The minimum absolute atomic E-state index is 0.0641. The molecule has 0 bridgehead atoms. The van der Waals surface area contributed by atoms with E-state index in [2.05, 4.69) is 31.6 Å². The Hall–Kier alpha value is -4.25. The van der Waals surface area contributed by atoms with Gasteiger partial charge in [-0.05, 0) is 51.2 Å². The molecule has 1 aromatic carbocycles. The molecule has 1 fully saturated rings. The predicted octanol–water partition coefficient (Wildman–Crippen LogP) is 3.17. The number of carbonyl (C=O) groups is 1. The van der Waals surface area contributed by atoms with Crippen LogP contribution in [0.25, 0.3) is 21.8 Å². The highest BCUT2D eigenvalue weighted by molar-refractivity contribution is 5.94. The van der Waals surface area contributed by atoms with Crippen molar-refractivity contribution in [2.24, 2.45) is 0 Å².